The van der Waals surface area contributed by atoms with Crippen molar-refractivity contribution in [3.63, 3.8) is 0 Å². The molecule has 2 atom stereocenters. The van der Waals surface area contributed by atoms with Crippen molar-refractivity contribution < 1.29 is 18.6 Å². The molecule has 0 aliphatic rings. The Hall–Kier alpha value is -2.67. The monoisotopic (exact) mass is 377 g/mol. The number of ether oxygens (including phenoxy) is 1. The van der Waals surface area contributed by atoms with Crippen LogP contribution in [0.2, 0.25) is 0 Å². The van der Waals surface area contributed by atoms with E-state index in [1.54, 1.807) is 37.3 Å². The lowest BCUT2D eigenvalue weighted by Gasteiger charge is -2.18. The predicted octanol–water partition coefficient (Wildman–Crippen LogP) is 3.02. The van der Waals surface area contributed by atoms with Crippen LogP contribution < -0.4 is 15.4 Å². The first-order valence-corrected chi connectivity index (χ1v) is 8.87. The average molecular weight is 377 g/mol. The van der Waals surface area contributed by atoms with Gasteiger partial charge in [-0.25, -0.2) is 8.78 Å². The number of guanidine groups is 1. The topological polar surface area (TPSA) is 65.9 Å². The van der Waals surface area contributed by atoms with Crippen LogP contribution in [0.25, 0.3) is 0 Å². The van der Waals surface area contributed by atoms with Gasteiger partial charge in [0.1, 0.15) is 18.0 Å². The van der Waals surface area contributed by atoms with Crippen molar-refractivity contribution in [2.75, 3.05) is 19.6 Å². The number of hydrogen-bond donors (Lipinski definition) is 3. The van der Waals surface area contributed by atoms with E-state index in [0.717, 1.165) is 0 Å². The van der Waals surface area contributed by atoms with Crippen molar-refractivity contribution in [3.05, 3.63) is 65.7 Å². The summed E-state index contributed by atoms with van der Waals surface area (Å²) in [5, 5.41) is 16.3. The van der Waals surface area contributed by atoms with E-state index in [4.69, 9.17) is 4.74 Å². The van der Waals surface area contributed by atoms with E-state index >= 15 is 0 Å². The van der Waals surface area contributed by atoms with Crippen molar-refractivity contribution in [3.8, 4) is 5.75 Å². The van der Waals surface area contributed by atoms with E-state index in [9.17, 15) is 13.9 Å². The fraction of sp³-hybridized carbons (Fsp3) is 0.350. The number of benzene rings is 2. The van der Waals surface area contributed by atoms with E-state index < -0.39 is 17.7 Å². The van der Waals surface area contributed by atoms with E-state index in [0.29, 0.717) is 19.0 Å². The lowest BCUT2D eigenvalue weighted by atomic mass is 10.1. The molecule has 2 unspecified atom stereocenters. The molecule has 5 nitrogen and oxygen atoms in total. The minimum absolute atomic E-state index is 0.00117. The second-order valence-electron chi connectivity index (χ2n) is 6.00. The minimum Gasteiger partial charge on any atom is -0.486 e. The van der Waals surface area contributed by atoms with E-state index in [1.807, 2.05) is 6.92 Å². The fourth-order valence-corrected chi connectivity index (χ4v) is 2.40. The Morgan fingerprint density at radius 2 is 1.74 bits per heavy atom. The third kappa shape index (κ3) is 6.53. The highest BCUT2D eigenvalue weighted by molar-refractivity contribution is 5.79. The summed E-state index contributed by atoms with van der Waals surface area (Å²) < 4.78 is 32.9. The first kappa shape index (κ1) is 20.6. The molecule has 0 bridgehead atoms. The molecule has 2 rings (SSSR count). The molecule has 0 aliphatic carbocycles. The Morgan fingerprint density at radius 3 is 2.41 bits per heavy atom. The van der Waals surface area contributed by atoms with Gasteiger partial charge in [0.15, 0.2) is 17.5 Å². The van der Waals surface area contributed by atoms with Gasteiger partial charge in [-0.3, -0.25) is 4.99 Å². The number of para-hydroxylation sites is 1. The smallest absolute Gasteiger partial charge is 0.191 e. The fourth-order valence-electron chi connectivity index (χ4n) is 2.40. The summed E-state index contributed by atoms with van der Waals surface area (Å²) >= 11 is 0. The molecule has 146 valence electrons. The Balaban J connectivity index is 1.91. The maximum Gasteiger partial charge on any atom is 0.191 e. The highest BCUT2D eigenvalue weighted by Crippen LogP contribution is 2.17. The van der Waals surface area contributed by atoms with Gasteiger partial charge in [-0.15, -0.1) is 0 Å². The Kier molecular flexibility index (Phi) is 8.00. The molecular weight excluding hydrogens is 352 g/mol. The number of hydrogen-bond acceptors (Lipinski definition) is 3. The number of aliphatic hydroxyl groups is 1. The molecule has 0 fully saturated rings. The predicted molar refractivity (Wildman–Crippen MR) is 102 cm³/mol. The SMILES string of the molecule is CCNC(=NCC(O)c1ccccc1F)NCC(C)Oc1ccccc1F. The molecule has 27 heavy (non-hydrogen) atoms. The summed E-state index contributed by atoms with van der Waals surface area (Å²) in [6.45, 7) is 4.69. The summed E-state index contributed by atoms with van der Waals surface area (Å²) in [4.78, 5) is 4.28. The summed E-state index contributed by atoms with van der Waals surface area (Å²) in [6, 6.07) is 12.3. The zero-order chi connectivity index (χ0) is 19.6. The standard InChI is InChI=1S/C20H25F2N3O2/c1-3-23-20(25-13-18(26)15-8-4-5-9-16(15)21)24-12-14(2)27-19-11-7-6-10-17(19)22/h4-11,14,18,26H,3,12-13H2,1-2H3,(H2,23,24,25). The quantitative estimate of drug-likeness (QED) is 0.489. The highest BCUT2D eigenvalue weighted by atomic mass is 19.1. The number of aliphatic imine (C=N–C) groups is 1. The third-order valence-electron chi connectivity index (χ3n) is 3.75. The molecule has 0 saturated heterocycles. The van der Waals surface area contributed by atoms with Crippen LogP contribution in [-0.4, -0.2) is 36.8 Å². The van der Waals surface area contributed by atoms with Crippen LogP contribution >= 0.6 is 0 Å². The van der Waals surface area contributed by atoms with Gasteiger partial charge in [-0.05, 0) is 32.0 Å². The molecule has 0 aliphatic heterocycles. The number of aliphatic hydroxyl groups excluding tert-OH is 1. The summed E-state index contributed by atoms with van der Waals surface area (Å²) in [5.74, 6) is -0.247. The summed E-state index contributed by atoms with van der Waals surface area (Å²) in [7, 11) is 0. The number of halogens is 2. The second-order valence-corrected chi connectivity index (χ2v) is 6.00. The lowest BCUT2D eigenvalue weighted by Crippen LogP contribution is -2.42. The maximum absolute atomic E-state index is 13.7. The van der Waals surface area contributed by atoms with E-state index in [2.05, 4.69) is 15.6 Å². The minimum atomic E-state index is -1.05. The molecule has 0 heterocycles. The van der Waals surface area contributed by atoms with E-state index in [1.165, 1.54) is 18.2 Å². The molecule has 0 spiro atoms. The van der Waals surface area contributed by atoms with Crippen LogP contribution in [0.1, 0.15) is 25.5 Å². The molecule has 0 aromatic heterocycles. The van der Waals surface area contributed by atoms with Gasteiger partial charge < -0.3 is 20.5 Å². The van der Waals surface area contributed by atoms with Crippen LogP contribution in [0.15, 0.2) is 53.5 Å². The van der Waals surface area contributed by atoms with Gasteiger partial charge in [-0.1, -0.05) is 30.3 Å². The summed E-state index contributed by atoms with van der Waals surface area (Å²) in [6.07, 6.45) is -1.36. The lowest BCUT2D eigenvalue weighted by molar-refractivity contribution is 0.182. The molecule has 2 aromatic carbocycles. The Morgan fingerprint density at radius 1 is 1.07 bits per heavy atom. The first-order chi connectivity index (χ1) is 13.0. The highest BCUT2D eigenvalue weighted by Gasteiger charge is 2.13. The summed E-state index contributed by atoms with van der Waals surface area (Å²) in [5.41, 5.74) is 0.202. The number of rotatable bonds is 8. The van der Waals surface area contributed by atoms with Gasteiger partial charge in [-0.2, -0.15) is 0 Å². The Labute approximate surface area is 158 Å². The molecule has 0 radical (unpaired) electrons. The first-order valence-electron chi connectivity index (χ1n) is 8.87. The van der Waals surface area contributed by atoms with Gasteiger partial charge in [0.25, 0.3) is 0 Å². The number of nitrogens with one attached hydrogen (secondary N) is 2. The van der Waals surface area contributed by atoms with Crippen molar-refractivity contribution in [1.29, 1.82) is 0 Å². The molecule has 2 aromatic rings. The van der Waals surface area contributed by atoms with Gasteiger partial charge in [0.2, 0.25) is 0 Å². The number of nitrogens with zero attached hydrogens (tertiary/aromatic N) is 1. The van der Waals surface area contributed by atoms with Crippen LogP contribution in [0.5, 0.6) is 5.75 Å². The van der Waals surface area contributed by atoms with Gasteiger partial charge in [0, 0.05) is 12.1 Å². The zero-order valence-electron chi connectivity index (χ0n) is 15.5. The largest absolute Gasteiger partial charge is 0.486 e. The Bertz CT molecular complexity index is 756. The normalized spacial score (nSPS) is 13.7. The van der Waals surface area contributed by atoms with Crippen molar-refractivity contribution in [2.45, 2.75) is 26.1 Å². The van der Waals surface area contributed by atoms with Crippen LogP contribution in [0, 0.1) is 11.6 Å². The molecular formula is C20H25F2N3O2. The zero-order valence-corrected chi connectivity index (χ0v) is 15.5. The molecule has 0 amide bonds. The van der Waals surface area contributed by atoms with Crippen molar-refractivity contribution in [1.82, 2.24) is 10.6 Å². The van der Waals surface area contributed by atoms with Crippen LogP contribution in [-0.2, 0) is 0 Å². The molecule has 0 saturated carbocycles. The van der Waals surface area contributed by atoms with Crippen molar-refractivity contribution >= 4 is 5.96 Å². The molecule has 3 N–H and O–H groups in total. The van der Waals surface area contributed by atoms with Crippen LogP contribution in [0.4, 0.5) is 8.78 Å². The van der Waals surface area contributed by atoms with Gasteiger partial charge >= 0.3 is 0 Å². The molecule has 7 heteroatoms. The maximum atomic E-state index is 13.7. The van der Waals surface area contributed by atoms with Crippen LogP contribution in [0.3, 0.4) is 0 Å². The third-order valence-corrected chi connectivity index (χ3v) is 3.75. The van der Waals surface area contributed by atoms with Gasteiger partial charge in [0.05, 0.1) is 13.1 Å². The van der Waals surface area contributed by atoms with E-state index in [-0.39, 0.29) is 24.0 Å². The van der Waals surface area contributed by atoms with Crippen molar-refractivity contribution in [2.24, 2.45) is 4.99 Å². The average Bonchev–Trinajstić information content (AvgIpc) is 2.66. The second kappa shape index (κ2) is 10.5.